The highest BCUT2D eigenvalue weighted by molar-refractivity contribution is 6.07. The third kappa shape index (κ3) is 9.72. The summed E-state index contributed by atoms with van der Waals surface area (Å²) in [6.45, 7) is 12.5. The first kappa shape index (κ1) is 47.1. The summed E-state index contributed by atoms with van der Waals surface area (Å²) in [4.78, 5) is 73.6. The first-order chi connectivity index (χ1) is 33.4. The van der Waals surface area contributed by atoms with Gasteiger partial charge in [-0.2, -0.15) is 0 Å². The van der Waals surface area contributed by atoms with Crippen molar-refractivity contribution < 1.29 is 38.1 Å². The third-order valence-corrected chi connectivity index (χ3v) is 14.1. The minimum Gasteiger partial charge on any atom is -0.488 e. The zero-order valence-corrected chi connectivity index (χ0v) is 40.0. The summed E-state index contributed by atoms with van der Waals surface area (Å²) in [5.74, 6) is 2.22. The number of hydrogen-bond donors (Lipinski definition) is 4. The molecule has 2 saturated heterocycles. The Morgan fingerprint density at radius 3 is 2.43 bits per heavy atom. The number of amides is 4. The number of fused-ring (bicyclic) bond motifs is 6. The molecule has 3 fully saturated rings. The van der Waals surface area contributed by atoms with Crippen molar-refractivity contribution in [3.63, 3.8) is 0 Å². The molecule has 5 aromatic rings. The van der Waals surface area contributed by atoms with Crippen LogP contribution >= 0.6 is 0 Å². The number of nitrogens with one attached hydrogen (secondary N) is 4. The standard InChI is InChI=1S/C53H62N8O8/c1-7-8-9-12-31(4)46(59-53(65)67-6)51(63)60-20-11-15-42(60)48-54-25-41(56-48)35-16-18-37-36(22-35)29-69-44-24-38-34(23-39(37)44)17-19-40-47(38)57-49(55-40)43-21-33(28-68-27-32-13-10-14-32)26-61(43)50(62)45(30(2)3)58-52(64)66-5/h7-9,12,16-19,22-25,30,32-33,42-43,45-46H,4,10-11,13-15,20-21,26-29H2,1-3,5-6H3,(H,54,56)(H,55,57)(H,58,64)(H,59,65)/b8-7-,12-9-/t33-,42-,43-,45-,46+/m0/s1. The van der Waals surface area contributed by atoms with Gasteiger partial charge in [0, 0.05) is 36.6 Å². The molecule has 0 radical (unpaired) electrons. The number of benzene rings is 3. The van der Waals surface area contributed by atoms with E-state index in [-0.39, 0.29) is 35.7 Å². The van der Waals surface area contributed by atoms with E-state index in [1.54, 1.807) is 23.2 Å². The monoisotopic (exact) mass is 938 g/mol. The van der Waals surface area contributed by atoms with Gasteiger partial charge in [0.25, 0.3) is 5.91 Å². The van der Waals surface area contributed by atoms with Crippen molar-refractivity contribution in [2.75, 3.05) is 40.5 Å². The molecule has 1 aliphatic carbocycles. The number of hydrogen-bond acceptors (Lipinski definition) is 10. The Bertz CT molecular complexity index is 2820. The molecule has 362 valence electrons. The van der Waals surface area contributed by atoms with Gasteiger partial charge in [-0.25, -0.2) is 19.6 Å². The van der Waals surface area contributed by atoms with Crippen molar-refractivity contribution in [3.8, 4) is 28.1 Å². The fourth-order valence-electron chi connectivity index (χ4n) is 10.1. The molecular weight excluding hydrogens is 877 g/mol. The van der Waals surface area contributed by atoms with Gasteiger partial charge in [-0.05, 0) is 103 Å². The number of aromatic nitrogens is 4. The van der Waals surface area contributed by atoms with E-state index in [2.05, 4.69) is 63.6 Å². The number of rotatable bonds is 15. The van der Waals surface area contributed by atoms with Gasteiger partial charge in [0.05, 0.1) is 55.8 Å². The number of aromatic amines is 2. The fraction of sp³-hybridized carbons (Fsp3) is 0.434. The number of imidazole rings is 2. The van der Waals surface area contributed by atoms with Gasteiger partial charge in [0.2, 0.25) is 5.91 Å². The van der Waals surface area contributed by atoms with Crippen LogP contribution in [0.4, 0.5) is 9.59 Å². The van der Waals surface area contributed by atoms with E-state index in [1.807, 2.05) is 43.9 Å². The van der Waals surface area contributed by atoms with Crippen LogP contribution in [-0.2, 0) is 30.4 Å². The highest BCUT2D eigenvalue weighted by atomic mass is 16.5. The van der Waals surface area contributed by atoms with E-state index in [0.717, 1.165) is 68.5 Å². The van der Waals surface area contributed by atoms with Crippen LogP contribution in [0.1, 0.15) is 88.6 Å². The van der Waals surface area contributed by atoms with Crippen LogP contribution in [0.5, 0.6) is 5.75 Å². The maximum absolute atomic E-state index is 14.3. The summed E-state index contributed by atoms with van der Waals surface area (Å²) in [6.07, 6.45) is 13.4. The Kier molecular flexibility index (Phi) is 13.9. The Balaban J connectivity index is 0.951. The molecule has 4 N–H and O–H groups in total. The predicted molar refractivity (Wildman–Crippen MR) is 262 cm³/mol. The number of methoxy groups -OCH3 is 2. The summed E-state index contributed by atoms with van der Waals surface area (Å²) in [7, 11) is 2.56. The van der Waals surface area contributed by atoms with Crippen molar-refractivity contribution in [1.29, 1.82) is 0 Å². The molecule has 5 atom stereocenters. The number of allylic oxidation sites excluding steroid dienone is 3. The van der Waals surface area contributed by atoms with Crippen LogP contribution in [0.15, 0.2) is 85.1 Å². The topological polar surface area (TPSA) is 193 Å². The quantitative estimate of drug-likeness (QED) is 0.0738. The Morgan fingerprint density at radius 2 is 1.68 bits per heavy atom. The van der Waals surface area contributed by atoms with E-state index in [1.165, 1.54) is 33.5 Å². The van der Waals surface area contributed by atoms with Gasteiger partial charge in [0.15, 0.2) is 0 Å². The number of likely N-dealkylation sites (tertiary alicyclic amines) is 2. The van der Waals surface area contributed by atoms with Crippen molar-refractivity contribution in [2.45, 2.75) is 90.1 Å². The molecule has 3 aromatic carbocycles. The van der Waals surface area contributed by atoms with E-state index >= 15 is 0 Å². The van der Waals surface area contributed by atoms with Crippen molar-refractivity contribution in [2.24, 2.45) is 17.8 Å². The second-order valence-corrected chi connectivity index (χ2v) is 19.0. The molecule has 3 aliphatic heterocycles. The second-order valence-electron chi connectivity index (χ2n) is 19.0. The molecule has 1 saturated carbocycles. The Hall–Kier alpha value is -6.94. The highest BCUT2D eigenvalue weighted by Gasteiger charge is 2.42. The smallest absolute Gasteiger partial charge is 0.407 e. The number of ether oxygens (including phenoxy) is 4. The lowest BCUT2D eigenvalue weighted by molar-refractivity contribution is -0.136. The molecule has 5 heterocycles. The Morgan fingerprint density at radius 1 is 0.884 bits per heavy atom. The normalized spacial score (nSPS) is 19.9. The lowest BCUT2D eigenvalue weighted by atomic mass is 9.86. The average Bonchev–Trinajstić information content (AvgIpc) is 4.18. The predicted octanol–water partition coefficient (Wildman–Crippen LogP) is 8.83. The molecule has 0 unspecified atom stereocenters. The molecule has 0 spiro atoms. The van der Waals surface area contributed by atoms with Crippen LogP contribution in [0, 0.1) is 17.8 Å². The van der Waals surface area contributed by atoms with Crippen molar-refractivity contribution in [3.05, 3.63) is 102 Å². The number of carbonyl (C=O) groups is 4. The summed E-state index contributed by atoms with van der Waals surface area (Å²) in [6, 6.07) is 12.2. The van der Waals surface area contributed by atoms with E-state index in [0.29, 0.717) is 62.3 Å². The van der Waals surface area contributed by atoms with Crippen molar-refractivity contribution in [1.82, 2.24) is 40.4 Å². The van der Waals surface area contributed by atoms with Gasteiger partial charge in [0.1, 0.15) is 36.1 Å². The minimum absolute atomic E-state index is 0.109. The largest absolute Gasteiger partial charge is 0.488 e. The number of alkyl carbamates (subject to hydrolysis) is 2. The van der Waals surface area contributed by atoms with Crippen LogP contribution in [0.3, 0.4) is 0 Å². The number of carbonyl (C=O) groups excluding carboxylic acids is 4. The molecule has 2 aromatic heterocycles. The van der Waals surface area contributed by atoms with Crippen LogP contribution < -0.4 is 15.4 Å². The molecule has 16 nitrogen and oxygen atoms in total. The maximum Gasteiger partial charge on any atom is 0.407 e. The van der Waals surface area contributed by atoms with E-state index in [9.17, 15) is 19.2 Å². The summed E-state index contributed by atoms with van der Waals surface area (Å²) in [5.41, 5.74) is 6.90. The molecule has 4 aliphatic rings. The SMILES string of the molecule is C=C(/C=C\C=C/C)[C@@H](NC(=O)OC)C(=O)N1CCC[C@H]1c1ncc(-c2ccc3c(c2)COc2cc4c(ccc5nc([C@@H]6C[C@H](COCC7CCC7)CN6C(=O)[C@@H](NC(=O)OC)C(C)C)[nH]c54)cc2-3)[nH]1. The maximum atomic E-state index is 14.3. The minimum atomic E-state index is -1.00. The molecule has 4 amide bonds. The van der Waals surface area contributed by atoms with Crippen LogP contribution in [0.2, 0.25) is 0 Å². The Labute approximate surface area is 401 Å². The summed E-state index contributed by atoms with van der Waals surface area (Å²) >= 11 is 0. The number of H-pyrrole nitrogens is 2. The summed E-state index contributed by atoms with van der Waals surface area (Å²) < 4.78 is 22.4. The fourth-order valence-corrected chi connectivity index (χ4v) is 10.1. The zero-order valence-electron chi connectivity index (χ0n) is 40.0. The molecular formula is C53H62N8O8. The average molecular weight is 939 g/mol. The van der Waals surface area contributed by atoms with Gasteiger partial charge in [-0.3, -0.25) is 9.59 Å². The van der Waals surface area contributed by atoms with Gasteiger partial charge >= 0.3 is 12.2 Å². The van der Waals surface area contributed by atoms with Crippen molar-refractivity contribution >= 4 is 45.8 Å². The van der Waals surface area contributed by atoms with Gasteiger partial charge < -0.3 is 49.3 Å². The number of nitrogens with zero attached hydrogens (tertiary/aromatic N) is 4. The lowest BCUT2D eigenvalue weighted by Crippen LogP contribution is -2.51. The van der Waals surface area contributed by atoms with Crippen LogP contribution in [-0.4, -0.2) is 106 Å². The zero-order chi connectivity index (χ0) is 48.3. The van der Waals surface area contributed by atoms with Crippen LogP contribution in [0.25, 0.3) is 44.2 Å². The molecule has 0 bridgehead atoms. The van der Waals surface area contributed by atoms with Gasteiger partial charge in [-0.15, -0.1) is 0 Å². The third-order valence-electron chi connectivity index (χ3n) is 14.1. The first-order valence-corrected chi connectivity index (χ1v) is 24.1. The molecule has 16 heteroatoms. The summed E-state index contributed by atoms with van der Waals surface area (Å²) in [5, 5.41) is 7.40. The highest BCUT2D eigenvalue weighted by Crippen LogP contribution is 2.44. The van der Waals surface area contributed by atoms with E-state index < -0.39 is 24.3 Å². The second kappa shape index (κ2) is 20.3. The van der Waals surface area contributed by atoms with Gasteiger partial charge in [-0.1, -0.05) is 69.4 Å². The molecule has 69 heavy (non-hydrogen) atoms. The lowest BCUT2D eigenvalue weighted by Gasteiger charge is -2.30. The molecule has 9 rings (SSSR count). The van der Waals surface area contributed by atoms with E-state index in [4.69, 9.17) is 28.9 Å². The first-order valence-electron chi connectivity index (χ1n) is 24.1.